The summed E-state index contributed by atoms with van der Waals surface area (Å²) in [6.45, 7) is 2.09. The van der Waals surface area contributed by atoms with Gasteiger partial charge < -0.3 is 20.6 Å². The fraction of sp³-hybridized carbons (Fsp3) is 0.455. The van der Waals surface area contributed by atoms with Gasteiger partial charge in [-0.25, -0.2) is 4.79 Å². The molecule has 1 aromatic rings. The Kier molecular flexibility index (Phi) is 4.71. The zero-order valence-corrected chi connectivity index (χ0v) is 9.60. The summed E-state index contributed by atoms with van der Waals surface area (Å²) in [5, 5.41) is 11.2. The zero-order chi connectivity index (χ0) is 12.8. The van der Waals surface area contributed by atoms with E-state index >= 15 is 0 Å². The molecule has 1 heterocycles. The van der Waals surface area contributed by atoms with Crippen molar-refractivity contribution in [1.82, 2.24) is 5.32 Å². The minimum atomic E-state index is -1.13. The van der Waals surface area contributed by atoms with Crippen LogP contribution in [0.5, 0.6) is 0 Å². The van der Waals surface area contributed by atoms with Crippen LogP contribution in [0.2, 0.25) is 0 Å². The topological polar surface area (TPSA) is 106 Å². The first-order valence-corrected chi connectivity index (χ1v) is 5.40. The van der Waals surface area contributed by atoms with Gasteiger partial charge in [0.25, 0.3) is 0 Å². The molecular weight excluding hydrogens is 224 g/mol. The molecule has 1 rings (SSSR count). The third-order valence-electron chi connectivity index (χ3n) is 2.25. The highest BCUT2D eigenvalue weighted by Crippen LogP contribution is 2.07. The monoisotopic (exact) mass is 240 g/mol. The van der Waals surface area contributed by atoms with Crippen molar-refractivity contribution in [3.05, 3.63) is 23.7 Å². The van der Waals surface area contributed by atoms with Gasteiger partial charge in [0, 0.05) is 0 Å². The lowest BCUT2D eigenvalue weighted by atomic mass is 10.2. The Balaban J connectivity index is 2.44. The second-order valence-corrected chi connectivity index (χ2v) is 3.68. The number of amides is 1. The van der Waals surface area contributed by atoms with Gasteiger partial charge in [0.05, 0.1) is 12.6 Å². The molecule has 6 nitrogen and oxygen atoms in total. The van der Waals surface area contributed by atoms with E-state index in [4.69, 9.17) is 15.3 Å². The average Bonchev–Trinajstić information content (AvgIpc) is 2.75. The van der Waals surface area contributed by atoms with Crippen LogP contribution < -0.4 is 11.1 Å². The predicted octanol–water partition coefficient (Wildman–Crippen LogP) is 0.721. The first kappa shape index (κ1) is 13.2. The van der Waals surface area contributed by atoms with Crippen molar-refractivity contribution in [2.24, 2.45) is 5.73 Å². The lowest BCUT2D eigenvalue weighted by molar-refractivity contribution is -0.122. The normalized spacial score (nSPS) is 12.1. The third kappa shape index (κ3) is 3.92. The fourth-order valence-corrected chi connectivity index (χ4v) is 1.34. The van der Waals surface area contributed by atoms with Gasteiger partial charge in [0.1, 0.15) is 5.76 Å². The maximum absolute atomic E-state index is 11.5. The SMILES string of the molecule is CCC[C@H](N)C(=O)NCc1ccc(C(=O)O)o1. The van der Waals surface area contributed by atoms with Crippen LogP contribution in [0.4, 0.5) is 0 Å². The molecule has 1 amide bonds. The molecular formula is C11H16N2O4. The molecule has 0 saturated heterocycles. The molecule has 0 aromatic carbocycles. The van der Waals surface area contributed by atoms with Gasteiger partial charge in [-0.2, -0.15) is 0 Å². The smallest absolute Gasteiger partial charge is 0.371 e. The van der Waals surface area contributed by atoms with Gasteiger partial charge in [-0.3, -0.25) is 4.79 Å². The van der Waals surface area contributed by atoms with Crippen molar-refractivity contribution < 1.29 is 19.1 Å². The van der Waals surface area contributed by atoms with Crippen molar-refractivity contribution in [2.45, 2.75) is 32.4 Å². The molecule has 0 saturated carbocycles. The van der Waals surface area contributed by atoms with E-state index in [-0.39, 0.29) is 18.2 Å². The Bertz CT molecular complexity index is 400. The number of carbonyl (C=O) groups excluding carboxylic acids is 1. The molecule has 4 N–H and O–H groups in total. The van der Waals surface area contributed by atoms with E-state index < -0.39 is 12.0 Å². The molecule has 1 atom stereocenters. The highest BCUT2D eigenvalue weighted by Gasteiger charge is 2.13. The second kappa shape index (κ2) is 6.05. The lowest BCUT2D eigenvalue weighted by Gasteiger charge is -2.09. The number of carboxylic acids is 1. The number of carboxylic acid groups (broad SMARTS) is 1. The molecule has 0 radical (unpaired) electrons. The summed E-state index contributed by atoms with van der Waals surface area (Å²) < 4.78 is 4.98. The number of hydrogen-bond acceptors (Lipinski definition) is 4. The predicted molar refractivity (Wildman–Crippen MR) is 60.4 cm³/mol. The number of nitrogens with two attached hydrogens (primary N) is 1. The molecule has 17 heavy (non-hydrogen) atoms. The van der Waals surface area contributed by atoms with Crippen molar-refractivity contribution in [1.29, 1.82) is 0 Å². The molecule has 0 aliphatic heterocycles. The number of rotatable bonds is 6. The summed E-state index contributed by atoms with van der Waals surface area (Å²) in [5.41, 5.74) is 5.61. The lowest BCUT2D eigenvalue weighted by Crippen LogP contribution is -2.39. The third-order valence-corrected chi connectivity index (χ3v) is 2.25. The molecule has 0 aliphatic rings. The van der Waals surface area contributed by atoms with Crippen molar-refractivity contribution >= 4 is 11.9 Å². The van der Waals surface area contributed by atoms with Crippen LogP contribution in [-0.4, -0.2) is 23.0 Å². The molecule has 1 aromatic heterocycles. The summed E-state index contributed by atoms with van der Waals surface area (Å²) in [6.07, 6.45) is 1.45. The molecule has 0 bridgehead atoms. The Morgan fingerprint density at radius 3 is 2.76 bits per heavy atom. The van der Waals surface area contributed by atoms with E-state index in [1.165, 1.54) is 12.1 Å². The molecule has 0 unspecified atom stereocenters. The highest BCUT2D eigenvalue weighted by molar-refractivity contribution is 5.84. The van der Waals surface area contributed by atoms with Crippen LogP contribution in [0.15, 0.2) is 16.5 Å². The quantitative estimate of drug-likeness (QED) is 0.679. The van der Waals surface area contributed by atoms with Crippen LogP contribution >= 0.6 is 0 Å². The van der Waals surface area contributed by atoms with E-state index in [0.29, 0.717) is 12.2 Å². The summed E-state index contributed by atoms with van der Waals surface area (Å²) in [6, 6.07) is 2.32. The zero-order valence-electron chi connectivity index (χ0n) is 9.60. The Morgan fingerprint density at radius 1 is 1.53 bits per heavy atom. The minimum Gasteiger partial charge on any atom is -0.475 e. The van der Waals surface area contributed by atoms with E-state index in [0.717, 1.165) is 6.42 Å². The molecule has 0 fully saturated rings. The van der Waals surface area contributed by atoms with E-state index in [1.54, 1.807) is 0 Å². The van der Waals surface area contributed by atoms with Gasteiger partial charge in [0.2, 0.25) is 11.7 Å². The second-order valence-electron chi connectivity index (χ2n) is 3.68. The highest BCUT2D eigenvalue weighted by atomic mass is 16.4. The maximum Gasteiger partial charge on any atom is 0.371 e. The van der Waals surface area contributed by atoms with Gasteiger partial charge in [0.15, 0.2) is 0 Å². The van der Waals surface area contributed by atoms with E-state index in [2.05, 4.69) is 5.32 Å². The Morgan fingerprint density at radius 2 is 2.24 bits per heavy atom. The van der Waals surface area contributed by atoms with Gasteiger partial charge >= 0.3 is 5.97 Å². The van der Waals surface area contributed by atoms with Gasteiger partial charge in [-0.1, -0.05) is 13.3 Å². The number of carbonyl (C=O) groups is 2. The molecule has 0 spiro atoms. The summed E-state index contributed by atoms with van der Waals surface area (Å²) in [7, 11) is 0. The molecule has 94 valence electrons. The van der Waals surface area contributed by atoms with Crippen LogP contribution in [-0.2, 0) is 11.3 Å². The standard InChI is InChI=1S/C11H16N2O4/c1-2-3-8(12)10(14)13-6-7-4-5-9(17-7)11(15)16/h4-5,8H,2-3,6,12H2,1H3,(H,13,14)(H,15,16)/t8-/m0/s1. The van der Waals surface area contributed by atoms with Crippen molar-refractivity contribution in [3.8, 4) is 0 Å². The van der Waals surface area contributed by atoms with Crippen LogP contribution in [0, 0.1) is 0 Å². The largest absolute Gasteiger partial charge is 0.475 e. The summed E-state index contributed by atoms with van der Waals surface area (Å²) >= 11 is 0. The van der Waals surface area contributed by atoms with Crippen LogP contribution in [0.1, 0.15) is 36.1 Å². The van der Waals surface area contributed by atoms with E-state index in [9.17, 15) is 9.59 Å². The van der Waals surface area contributed by atoms with Gasteiger partial charge in [-0.05, 0) is 18.6 Å². The van der Waals surface area contributed by atoms with Crippen LogP contribution in [0.25, 0.3) is 0 Å². The average molecular weight is 240 g/mol. The van der Waals surface area contributed by atoms with E-state index in [1.807, 2.05) is 6.92 Å². The first-order chi connectivity index (χ1) is 8.04. The maximum atomic E-state index is 11.5. The summed E-state index contributed by atoms with van der Waals surface area (Å²) in [4.78, 5) is 22.0. The van der Waals surface area contributed by atoms with Crippen molar-refractivity contribution in [3.63, 3.8) is 0 Å². The Hall–Kier alpha value is -1.82. The minimum absolute atomic E-state index is 0.142. The first-order valence-electron chi connectivity index (χ1n) is 5.40. The van der Waals surface area contributed by atoms with Gasteiger partial charge in [-0.15, -0.1) is 0 Å². The number of aromatic carboxylic acids is 1. The molecule has 6 heteroatoms. The van der Waals surface area contributed by atoms with Crippen LogP contribution in [0.3, 0.4) is 0 Å². The number of furan rings is 1. The number of nitrogens with one attached hydrogen (secondary N) is 1. The Labute approximate surface area is 98.8 Å². The molecule has 0 aliphatic carbocycles. The van der Waals surface area contributed by atoms with Crippen molar-refractivity contribution in [2.75, 3.05) is 0 Å². The summed E-state index contributed by atoms with van der Waals surface area (Å²) in [5.74, 6) is -1.16. The fourth-order valence-electron chi connectivity index (χ4n) is 1.34. The number of hydrogen-bond donors (Lipinski definition) is 3.